The Balaban J connectivity index is 1.43. The summed E-state index contributed by atoms with van der Waals surface area (Å²) in [5.41, 5.74) is 1.46. The van der Waals surface area contributed by atoms with Crippen molar-refractivity contribution in [1.29, 1.82) is 0 Å². The van der Waals surface area contributed by atoms with Gasteiger partial charge in [-0.3, -0.25) is 0 Å². The lowest BCUT2D eigenvalue weighted by molar-refractivity contribution is 0.137. The highest BCUT2D eigenvalue weighted by Crippen LogP contribution is 2.57. The van der Waals surface area contributed by atoms with Crippen LogP contribution in [0.5, 0.6) is 0 Å². The van der Waals surface area contributed by atoms with Gasteiger partial charge in [-0.05, 0) is 30.2 Å². The van der Waals surface area contributed by atoms with Gasteiger partial charge in [0.15, 0.2) is 0 Å². The molecule has 1 N–H and O–H groups in total. The summed E-state index contributed by atoms with van der Waals surface area (Å²) in [7, 11) is 0. The second kappa shape index (κ2) is 4.63. The van der Waals surface area contributed by atoms with E-state index in [1.54, 1.807) is 0 Å². The number of hydrogen-bond donors (Lipinski definition) is 1. The smallest absolute Gasteiger partial charge is 0.407 e. The van der Waals surface area contributed by atoms with Gasteiger partial charge in [-0.15, -0.1) is 0 Å². The van der Waals surface area contributed by atoms with Gasteiger partial charge in [0.2, 0.25) is 0 Å². The van der Waals surface area contributed by atoms with E-state index in [1.165, 1.54) is 25.7 Å². The van der Waals surface area contributed by atoms with E-state index in [-0.39, 0.29) is 6.09 Å². The number of ether oxygens (including phenoxy) is 1. The summed E-state index contributed by atoms with van der Waals surface area (Å²) in [6, 6.07) is 10.1. The molecular weight excluding hydrogens is 226 g/mol. The molecule has 1 spiro atoms. The van der Waals surface area contributed by atoms with Gasteiger partial charge in [0.1, 0.15) is 6.61 Å². The molecule has 1 aromatic carbocycles. The summed E-state index contributed by atoms with van der Waals surface area (Å²) in [5, 5.41) is 3.00. The molecule has 3 heteroatoms. The molecule has 2 aliphatic carbocycles. The standard InChI is InChI=1S/C15H19NO2/c17-14(18-11-12-6-2-1-3-7-12)16-13-10-15(13)8-4-5-9-15/h1-3,6-7,13H,4-5,8-11H2,(H,16,17). The number of hydrogen-bond acceptors (Lipinski definition) is 2. The monoisotopic (exact) mass is 245 g/mol. The highest BCUT2D eigenvalue weighted by atomic mass is 16.5. The molecule has 1 aromatic rings. The lowest BCUT2D eigenvalue weighted by atomic mass is 10.1. The summed E-state index contributed by atoms with van der Waals surface area (Å²) in [6.45, 7) is 0.354. The zero-order valence-corrected chi connectivity index (χ0v) is 10.5. The number of amides is 1. The van der Waals surface area contributed by atoms with E-state index < -0.39 is 0 Å². The third-order valence-corrected chi connectivity index (χ3v) is 4.29. The highest BCUT2D eigenvalue weighted by molar-refractivity contribution is 5.68. The van der Waals surface area contributed by atoms with Crippen molar-refractivity contribution in [2.75, 3.05) is 0 Å². The maximum absolute atomic E-state index is 11.7. The molecule has 96 valence electrons. The number of alkyl carbamates (subject to hydrolysis) is 1. The molecule has 1 atom stereocenters. The Morgan fingerprint density at radius 3 is 2.72 bits per heavy atom. The first-order valence-corrected chi connectivity index (χ1v) is 6.76. The molecule has 0 radical (unpaired) electrons. The Morgan fingerprint density at radius 2 is 2.00 bits per heavy atom. The largest absolute Gasteiger partial charge is 0.445 e. The Kier molecular flexibility index (Phi) is 2.98. The molecule has 0 aromatic heterocycles. The second-order valence-corrected chi connectivity index (χ2v) is 5.53. The van der Waals surface area contributed by atoms with Gasteiger partial charge in [-0.2, -0.15) is 0 Å². The SMILES string of the molecule is O=C(NC1CC12CCCC2)OCc1ccccc1. The Labute approximate surface area is 108 Å². The van der Waals surface area contributed by atoms with Crippen LogP contribution in [0.2, 0.25) is 0 Å². The fourth-order valence-electron chi connectivity index (χ4n) is 3.09. The van der Waals surface area contributed by atoms with Gasteiger partial charge < -0.3 is 10.1 Å². The van der Waals surface area contributed by atoms with E-state index in [4.69, 9.17) is 4.74 Å². The molecule has 18 heavy (non-hydrogen) atoms. The quantitative estimate of drug-likeness (QED) is 0.887. The van der Waals surface area contributed by atoms with Crippen molar-refractivity contribution in [2.24, 2.45) is 5.41 Å². The van der Waals surface area contributed by atoms with Crippen LogP contribution in [-0.2, 0) is 11.3 Å². The first kappa shape index (κ1) is 11.6. The zero-order valence-electron chi connectivity index (χ0n) is 10.5. The van der Waals surface area contributed by atoms with E-state index in [0.29, 0.717) is 18.1 Å². The molecule has 1 amide bonds. The predicted molar refractivity (Wildman–Crippen MR) is 69.1 cm³/mol. The molecule has 0 saturated heterocycles. The van der Waals surface area contributed by atoms with Crippen molar-refractivity contribution in [3.8, 4) is 0 Å². The van der Waals surface area contributed by atoms with Crippen LogP contribution in [0.25, 0.3) is 0 Å². The molecule has 3 nitrogen and oxygen atoms in total. The summed E-state index contributed by atoms with van der Waals surface area (Å²) in [5.74, 6) is 0. The maximum atomic E-state index is 11.7. The van der Waals surface area contributed by atoms with Gasteiger partial charge in [-0.1, -0.05) is 43.2 Å². The van der Waals surface area contributed by atoms with Crippen molar-refractivity contribution in [3.05, 3.63) is 35.9 Å². The van der Waals surface area contributed by atoms with Gasteiger partial charge >= 0.3 is 6.09 Å². The van der Waals surface area contributed by atoms with E-state index >= 15 is 0 Å². The Morgan fingerprint density at radius 1 is 1.28 bits per heavy atom. The molecule has 1 unspecified atom stereocenters. The summed E-state index contributed by atoms with van der Waals surface area (Å²) in [6.07, 6.45) is 6.06. The molecule has 3 rings (SSSR count). The summed E-state index contributed by atoms with van der Waals surface area (Å²) in [4.78, 5) is 11.7. The van der Waals surface area contributed by atoms with Crippen molar-refractivity contribution in [2.45, 2.75) is 44.8 Å². The third-order valence-electron chi connectivity index (χ3n) is 4.29. The Bertz CT molecular complexity index is 423. The lowest BCUT2D eigenvalue weighted by Gasteiger charge is -2.10. The first-order chi connectivity index (χ1) is 8.78. The van der Waals surface area contributed by atoms with Crippen LogP contribution < -0.4 is 5.32 Å². The van der Waals surface area contributed by atoms with E-state index in [0.717, 1.165) is 12.0 Å². The van der Waals surface area contributed by atoms with Gasteiger partial charge in [0, 0.05) is 6.04 Å². The normalized spacial score (nSPS) is 23.9. The first-order valence-electron chi connectivity index (χ1n) is 6.76. The van der Waals surface area contributed by atoms with Gasteiger partial charge in [-0.25, -0.2) is 4.79 Å². The highest BCUT2D eigenvalue weighted by Gasteiger charge is 2.55. The average molecular weight is 245 g/mol. The number of carbonyl (C=O) groups is 1. The zero-order chi connectivity index (χ0) is 12.4. The predicted octanol–water partition coefficient (Wildman–Crippen LogP) is 3.25. The lowest BCUT2D eigenvalue weighted by Crippen LogP contribution is -2.29. The second-order valence-electron chi connectivity index (χ2n) is 5.53. The van der Waals surface area contributed by atoms with E-state index in [9.17, 15) is 4.79 Å². The molecule has 2 saturated carbocycles. The van der Waals surface area contributed by atoms with Crippen LogP contribution in [0.1, 0.15) is 37.7 Å². The van der Waals surface area contributed by atoms with Crippen LogP contribution in [0.3, 0.4) is 0 Å². The number of nitrogens with one attached hydrogen (secondary N) is 1. The number of benzene rings is 1. The average Bonchev–Trinajstić information content (AvgIpc) is 2.84. The third kappa shape index (κ3) is 2.35. The minimum absolute atomic E-state index is 0.271. The van der Waals surface area contributed by atoms with Crippen LogP contribution in [0, 0.1) is 5.41 Å². The van der Waals surface area contributed by atoms with Crippen molar-refractivity contribution >= 4 is 6.09 Å². The molecule has 2 aliphatic rings. The number of carbonyl (C=O) groups excluding carboxylic acids is 1. The van der Waals surface area contributed by atoms with Gasteiger partial charge in [0.05, 0.1) is 0 Å². The number of rotatable bonds is 3. The molecule has 0 bridgehead atoms. The van der Waals surface area contributed by atoms with Crippen LogP contribution in [-0.4, -0.2) is 12.1 Å². The molecule has 2 fully saturated rings. The topological polar surface area (TPSA) is 38.3 Å². The van der Waals surface area contributed by atoms with E-state index in [2.05, 4.69) is 5.32 Å². The fraction of sp³-hybridized carbons (Fsp3) is 0.533. The molecular formula is C15H19NO2. The molecule has 0 aliphatic heterocycles. The fourth-order valence-corrected chi connectivity index (χ4v) is 3.09. The summed E-state index contributed by atoms with van der Waals surface area (Å²) >= 11 is 0. The Hall–Kier alpha value is -1.51. The molecule has 0 heterocycles. The maximum Gasteiger partial charge on any atom is 0.407 e. The van der Waals surface area contributed by atoms with Crippen molar-refractivity contribution in [3.63, 3.8) is 0 Å². The minimum atomic E-state index is -0.271. The summed E-state index contributed by atoms with van der Waals surface area (Å²) < 4.78 is 5.23. The van der Waals surface area contributed by atoms with Crippen LogP contribution >= 0.6 is 0 Å². The van der Waals surface area contributed by atoms with E-state index in [1.807, 2.05) is 30.3 Å². The van der Waals surface area contributed by atoms with Crippen molar-refractivity contribution in [1.82, 2.24) is 5.32 Å². The van der Waals surface area contributed by atoms with Crippen molar-refractivity contribution < 1.29 is 9.53 Å². The minimum Gasteiger partial charge on any atom is -0.445 e. The van der Waals surface area contributed by atoms with Gasteiger partial charge in [0.25, 0.3) is 0 Å². The van der Waals surface area contributed by atoms with Crippen LogP contribution in [0.15, 0.2) is 30.3 Å². The van der Waals surface area contributed by atoms with Crippen LogP contribution in [0.4, 0.5) is 4.79 Å².